The van der Waals surface area contributed by atoms with Gasteiger partial charge in [0, 0.05) is 25.8 Å². The summed E-state index contributed by atoms with van der Waals surface area (Å²) in [6, 6.07) is 0. The summed E-state index contributed by atoms with van der Waals surface area (Å²) in [7, 11) is 0. The molecule has 1 amide bonds. The third kappa shape index (κ3) is 19.5. The van der Waals surface area contributed by atoms with Crippen LogP contribution in [0.25, 0.3) is 0 Å². The maximum Gasteiger partial charge on any atom is 0.220 e. The van der Waals surface area contributed by atoms with Crippen LogP contribution < -0.4 is 5.32 Å². The van der Waals surface area contributed by atoms with E-state index in [-0.39, 0.29) is 5.91 Å². The molecular formula is C23H45NO2. The topological polar surface area (TPSA) is 46.2 Å². The highest BCUT2D eigenvalue weighted by Gasteiger charge is 2.05. The second-order valence-electron chi connectivity index (χ2n) is 7.73. The van der Waals surface area contributed by atoms with E-state index in [1.165, 1.54) is 77.0 Å². The van der Waals surface area contributed by atoms with Crippen LogP contribution in [0.15, 0.2) is 0 Å². The van der Waals surface area contributed by atoms with Crippen molar-refractivity contribution in [2.75, 3.05) is 6.54 Å². The van der Waals surface area contributed by atoms with Gasteiger partial charge in [0.1, 0.15) is 5.78 Å². The van der Waals surface area contributed by atoms with Crippen molar-refractivity contribution in [2.45, 2.75) is 129 Å². The quantitative estimate of drug-likeness (QED) is 0.242. The molecule has 0 bridgehead atoms. The predicted molar refractivity (Wildman–Crippen MR) is 112 cm³/mol. The van der Waals surface area contributed by atoms with Crippen LogP contribution in [0.3, 0.4) is 0 Å². The standard InChI is InChI=1S/C23H45NO2/c1-3-5-7-9-10-11-12-13-14-15-18-22(25)19-17-20-23(26)24-21-16-8-6-4-2/h3-21H2,1-2H3,(H,24,26). The lowest BCUT2D eigenvalue weighted by Crippen LogP contribution is -2.24. The van der Waals surface area contributed by atoms with Crippen molar-refractivity contribution >= 4 is 11.7 Å². The molecule has 1 N–H and O–H groups in total. The predicted octanol–water partition coefficient (Wildman–Crippen LogP) is 6.73. The van der Waals surface area contributed by atoms with E-state index in [1.807, 2.05) is 0 Å². The molecular weight excluding hydrogens is 322 g/mol. The van der Waals surface area contributed by atoms with E-state index in [2.05, 4.69) is 19.2 Å². The number of hydrogen-bond donors (Lipinski definition) is 1. The van der Waals surface area contributed by atoms with Crippen LogP contribution in [-0.4, -0.2) is 18.2 Å². The lowest BCUT2D eigenvalue weighted by Gasteiger charge is -2.05. The number of carbonyl (C=O) groups is 2. The highest BCUT2D eigenvalue weighted by Crippen LogP contribution is 2.12. The summed E-state index contributed by atoms with van der Waals surface area (Å²) >= 11 is 0. The first kappa shape index (κ1) is 25.1. The third-order valence-electron chi connectivity index (χ3n) is 5.02. The van der Waals surface area contributed by atoms with Gasteiger partial charge in [-0.15, -0.1) is 0 Å². The first-order chi connectivity index (χ1) is 12.7. The van der Waals surface area contributed by atoms with Crippen LogP contribution in [0.2, 0.25) is 0 Å². The highest BCUT2D eigenvalue weighted by atomic mass is 16.1. The lowest BCUT2D eigenvalue weighted by molar-refractivity contribution is -0.121. The summed E-state index contributed by atoms with van der Waals surface area (Å²) < 4.78 is 0. The molecule has 0 aromatic carbocycles. The van der Waals surface area contributed by atoms with Crippen LogP contribution >= 0.6 is 0 Å². The Bertz CT molecular complexity index is 328. The number of Topliss-reactive ketones (excluding diaryl/α,β-unsaturated/α-hetero) is 1. The number of amides is 1. The van der Waals surface area contributed by atoms with Crippen molar-refractivity contribution in [3.63, 3.8) is 0 Å². The maximum absolute atomic E-state index is 11.9. The molecule has 0 heterocycles. The largest absolute Gasteiger partial charge is 0.356 e. The Morgan fingerprint density at radius 3 is 1.58 bits per heavy atom. The van der Waals surface area contributed by atoms with Gasteiger partial charge in [-0.3, -0.25) is 9.59 Å². The monoisotopic (exact) mass is 367 g/mol. The lowest BCUT2D eigenvalue weighted by atomic mass is 10.0. The van der Waals surface area contributed by atoms with Gasteiger partial charge in [-0.05, 0) is 19.3 Å². The van der Waals surface area contributed by atoms with Gasteiger partial charge >= 0.3 is 0 Å². The first-order valence-corrected chi connectivity index (χ1v) is 11.5. The van der Waals surface area contributed by atoms with Gasteiger partial charge in [-0.2, -0.15) is 0 Å². The molecule has 0 saturated carbocycles. The van der Waals surface area contributed by atoms with E-state index < -0.39 is 0 Å². The summed E-state index contributed by atoms with van der Waals surface area (Å²) in [4.78, 5) is 23.5. The molecule has 0 spiro atoms. The molecule has 0 aromatic rings. The summed E-state index contributed by atoms with van der Waals surface area (Å²) in [5.74, 6) is 0.438. The SMILES string of the molecule is CCCCCCCCCCCCC(=O)CCCC(=O)NCCCCCC. The zero-order chi connectivity index (χ0) is 19.3. The van der Waals surface area contributed by atoms with Crippen LogP contribution in [0.5, 0.6) is 0 Å². The Balaban J connectivity index is 3.30. The second kappa shape index (κ2) is 20.5. The maximum atomic E-state index is 11.9. The molecule has 154 valence electrons. The molecule has 26 heavy (non-hydrogen) atoms. The van der Waals surface area contributed by atoms with Crippen molar-refractivity contribution in [1.82, 2.24) is 5.32 Å². The Morgan fingerprint density at radius 1 is 0.538 bits per heavy atom. The van der Waals surface area contributed by atoms with Crippen molar-refractivity contribution in [2.24, 2.45) is 0 Å². The molecule has 0 aliphatic heterocycles. The van der Waals surface area contributed by atoms with Crippen molar-refractivity contribution in [3.8, 4) is 0 Å². The van der Waals surface area contributed by atoms with E-state index in [0.717, 1.165) is 19.4 Å². The molecule has 0 fully saturated rings. The minimum Gasteiger partial charge on any atom is -0.356 e. The van der Waals surface area contributed by atoms with E-state index in [4.69, 9.17) is 0 Å². The molecule has 0 radical (unpaired) electrons. The van der Waals surface area contributed by atoms with E-state index in [1.54, 1.807) is 0 Å². The molecule has 0 unspecified atom stereocenters. The Hall–Kier alpha value is -0.860. The molecule has 0 rings (SSSR count). The molecule has 0 aliphatic rings. The number of nitrogens with one attached hydrogen (secondary N) is 1. The van der Waals surface area contributed by atoms with Crippen molar-refractivity contribution < 1.29 is 9.59 Å². The molecule has 0 aromatic heterocycles. The fourth-order valence-corrected chi connectivity index (χ4v) is 3.25. The van der Waals surface area contributed by atoms with Gasteiger partial charge in [0.05, 0.1) is 0 Å². The van der Waals surface area contributed by atoms with Gasteiger partial charge < -0.3 is 5.32 Å². The molecule has 0 saturated heterocycles. The summed E-state index contributed by atoms with van der Waals surface area (Å²) in [6.45, 7) is 5.22. The zero-order valence-corrected chi connectivity index (χ0v) is 17.8. The molecule has 3 heteroatoms. The number of rotatable bonds is 20. The van der Waals surface area contributed by atoms with Crippen LogP contribution in [-0.2, 0) is 9.59 Å². The first-order valence-electron chi connectivity index (χ1n) is 11.5. The Labute approximate surface area is 163 Å². The van der Waals surface area contributed by atoms with Gasteiger partial charge in [0.2, 0.25) is 5.91 Å². The third-order valence-corrected chi connectivity index (χ3v) is 5.02. The van der Waals surface area contributed by atoms with Crippen LogP contribution in [0.4, 0.5) is 0 Å². The smallest absolute Gasteiger partial charge is 0.220 e. The van der Waals surface area contributed by atoms with Crippen LogP contribution in [0.1, 0.15) is 129 Å². The van der Waals surface area contributed by atoms with Crippen molar-refractivity contribution in [1.29, 1.82) is 0 Å². The average molecular weight is 368 g/mol. The van der Waals surface area contributed by atoms with Gasteiger partial charge in [0.15, 0.2) is 0 Å². The normalized spacial score (nSPS) is 10.8. The van der Waals surface area contributed by atoms with Crippen LogP contribution in [0, 0.1) is 0 Å². The fraction of sp³-hybridized carbons (Fsp3) is 0.913. The Morgan fingerprint density at radius 2 is 1.00 bits per heavy atom. The van der Waals surface area contributed by atoms with Gasteiger partial charge in [-0.25, -0.2) is 0 Å². The van der Waals surface area contributed by atoms with E-state index in [0.29, 0.717) is 31.5 Å². The fourth-order valence-electron chi connectivity index (χ4n) is 3.25. The number of ketones is 1. The zero-order valence-electron chi connectivity index (χ0n) is 17.8. The number of hydrogen-bond acceptors (Lipinski definition) is 2. The van der Waals surface area contributed by atoms with Gasteiger partial charge in [-0.1, -0.05) is 90.9 Å². The minimum atomic E-state index is 0.105. The van der Waals surface area contributed by atoms with Crippen molar-refractivity contribution in [3.05, 3.63) is 0 Å². The van der Waals surface area contributed by atoms with Gasteiger partial charge in [0.25, 0.3) is 0 Å². The highest BCUT2D eigenvalue weighted by molar-refractivity contribution is 5.80. The van der Waals surface area contributed by atoms with E-state index >= 15 is 0 Å². The molecule has 3 nitrogen and oxygen atoms in total. The summed E-state index contributed by atoms with van der Waals surface area (Å²) in [6.07, 6.45) is 20.2. The Kier molecular flexibility index (Phi) is 19.8. The second-order valence-corrected chi connectivity index (χ2v) is 7.73. The summed E-state index contributed by atoms with van der Waals surface area (Å²) in [5, 5.41) is 2.95. The number of unbranched alkanes of at least 4 members (excludes halogenated alkanes) is 12. The van der Waals surface area contributed by atoms with E-state index in [9.17, 15) is 9.59 Å². The minimum absolute atomic E-state index is 0.105. The molecule has 0 aliphatic carbocycles. The number of carbonyl (C=O) groups excluding carboxylic acids is 2. The molecule has 0 atom stereocenters. The average Bonchev–Trinajstić information content (AvgIpc) is 2.63. The summed E-state index contributed by atoms with van der Waals surface area (Å²) in [5.41, 5.74) is 0.